The highest BCUT2D eigenvalue weighted by Crippen LogP contribution is 2.41. The molecule has 1 unspecified atom stereocenters. The van der Waals surface area contributed by atoms with Crippen LogP contribution in [0.4, 0.5) is 5.69 Å². The quantitative estimate of drug-likeness (QED) is 0.914. The van der Waals surface area contributed by atoms with E-state index >= 15 is 0 Å². The van der Waals surface area contributed by atoms with E-state index in [4.69, 9.17) is 5.11 Å². The van der Waals surface area contributed by atoms with Gasteiger partial charge in [0.25, 0.3) is 0 Å². The molecule has 20 heavy (non-hydrogen) atoms. The molecule has 1 fully saturated rings. The number of carboxylic acids is 1. The number of aliphatic carboxylic acids is 1. The van der Waals surface area contributed by atoms with E-state index in [9.17, 15) is 4.79 Å². The van der Waals surface area contributed by atoms with Gasteiger partial charge in [-0.2, -0.15) is 0 Å². The van der Waals surface area contributed by atoms with Crippen molar-refractivity contribution < 1.29 is 9.90 Å². The third-order valence-electron chi connectivity index (χ3n) is 4.95. The Kier molecular flexibility index (Phi) is 3.68. The number of carboxylic acid groups (broad SMARTS) is 1. The summed E-state index contributed by atoms with van der Waals surface area (Å²) >= 11 is 0. The summed E-state index contributed by atoms with van der Waals surface area (Å²) in [6.45, 7) is 3.21. The minimum Gasteiger partial charge on any atom is -0.481 e. The van der Waals surface area contributed by atoms with Gasteiger partial charge in [-0.3, -0.25) is 4.79 Å². The molecule has 2 aliphatic rings. The van der Waals surface area contributed by atoms with Gasteiger partial charge in [0.1, 0.15) is 0 Å². The minimum atomic E-state index is -0.691. The second-order valence-electron chi connectivity index (χ2n) is 6.42. The van der Waals surface area contributed by atoms with E-state index in [0.717, 1.165) is 12.5 Å². The third-order valence-corrected chi connectivity index (χ3v) is 4.95. The standard InChI is InChI=1S/C17H23NO2/c1-12-6-8-14(9-7-12)18-11-13(10-17(19)20)15-4-2-3-5-16(15)18/h2-5,12-14H,6-11H2,1H3,(H,19,20). The van der Waals surface area contributed by atoms with Gasteiger partial charge >= 0.3 is 5.97 Å². The summed E-state index contributed by atoms with van der Waals surface area (Å²) in [5.74, 6) is 0.311. The molecule has 108 valence electrons. The predicted octanol–water partition coefficient (Wildman–Crippen LogP) is 3.64. The number of hydrogen-bond donors (Lipinski definition) is 1. The van der Waals surface area contributed by atoms with Crippen LogP contribution in [0.25, 0.3) is 0 Å². The number of anilines is 1. The lowest BCUT2D eigenvalue weighted by Gasteiger charge is -2.35. The molecule has 1 N–H and O–H groups in total. The Morgan fingerprint density at radius 1 is 1.25 bits per heavy atom. The summed E-state index contributed by atoms with van der Waals surface area (Å²) < 4.78 is 0. The SMILES string of the molecule is CC1CCC(N2CC(CC(=O)O)c3ccccc32)CC1. The van der Waals surface area contributed by atoms with Crippen LogP contribution < -0.4 is 4.90 Å². The van der Waals surface area contributed by atoms with Crippen molar-refractivity contribution in [1.29, 1.82) is 0 Å². The van der Waals surface area contributed by atoms with Crippen molar-refractivity contribution >= 4 is 11.7 Å². The van der Waals surface area contributed by atoms with Crippen LogP contribution in [0.15, 0.2) is 24.3 Å². The van der Waals surface area contributed by atoms with Gasteiger partial charge in [-0.1, -0.05) is 25.1 Å². The molecule has 1 aliphatic heterocycles. The normalized spacial score (nSPS) is 29.2. The molecule has 3 nitrogen and oxygen atoms in total. The molecule has 0 amide bonds. The average Bonchev–Trinajstić information content (AvgIpc) is 2.78. The van der Waals surface area contributed by atoms with Gasteiger partial charge in [0.15, 0.2) is 0 Å². The van der Waals surface area contributed by atoms with Gasteiger partial charge in [0, 0.05) is 24.2 Å². The maximum absolute atomic E-state index is 11.1. The first-order valence-electron chi connectivity index (χ1n) is 7.72. The Morgan fingerprint density at radius 2 is 1.95 bits per heavy atom. The lowest BCUT2D eigenvalue weighted by Crippen LogP contribution is -2.37. The fraction of sp³-hybridized carbons (Fsp3) is 0.588. The molecule has 0 aromatic heterocycles. The van der Waals surface area contributed by atoms with E-state index in [-0.39, 0.29) is 12.3 Å². The first-order chi connectivity index (χ1) is 9.65. The lowest BCUT2D eigenvalue weighted by molar-refractivity contribution is -0.137. The van der Waals surface area contributed by atoms with E-state index in [1.807, 2.05) is 6.07 Å². The summed E-state index contributed by atoms with van der Waals surface area (Å²) in [5.41, 5.74) is 2.51. The molecule has 1 aromatic rings. The van der Waals surface area contributed by atoms with Crippen molar-refractivity contribution in [1.82, 2.24) is 0 Å². The zero-order valence-electron chi connectivity index (χ0n) is 12.1. The molecule has 1 saturated carbocycles. The van der Waals surface area contributed by atoms with Gasteiger partial charge in [0.05, 0.1) is 6.42 Å². The van der Waals surface area contributed by atoms with Crippen molar-refractivity contribution in [2.75, 3.05) is 11.4 Å². The summed E-state index contributed by atoms with van der Waals surface area (Å²) in [6.07, 6.45) is 5.33. The Morgan fingerprint density at radius 3 is 2.65 bits per heavy atom. The number of hydrogen-bond acceptors (Lipinski definition) is 2. The van der Waals surface area contributed by atoms with Crippen LogP contribution >= 0.6 is 0 Å². The summed E-state index contributed by atoms with van der Waals surface area (Å²) in [6, 6.07) is 8.97. The fourth-order valence-corrected chi connectivity index (χ4v) is 3.81. The highest BCUT2D eigenvalue weighted by molar-refractivity contribution is 5.71. The Bertz CT molecular complexity index is 492. The zero-order valence-corrected chi connectivity index (χ0v) is 12.1. The highest BCUT2D eigenvalue weighted by Gasteiger charge is 2.34. The van der Waals surface area contributed by atoms with Crippen LogP contribution in [0.5, 0.6) is 0 Å². The Labute approximate surface area is 120 Å². The number of carbonyl (C=O) groups is 1. The van der Waals surface area contributed by atoms with Gasteiger partial charge in [-0.15, -0.1) is 0 Å². The molecule has 0 radical (unpaired) electrons. The molecule has 3 rings (SSSR count). The summed E-state index contributed by atoms with van der Waals surface area (Å²) in [7, 11) is 0. The molecule has 0 saturated heterocycles. The van der Waals surface area contributed by atoms with Crippen LogP contribution in [-0.2, 0) is 4.79 Å². The number of rotatable bonds is 3. The Balaban J connectivity index is 1.81. The molecule has 1 aliphatic carbocycles. The van der Waals surface area contributed by atoms with E-state index in [1.54, 1.807) is 0 Å². The fourth-order valence-electron chi connectivity index (χ4n) is 3.81. The van der Waals surface area contributed by atoms with E-state index in [2.05, 4.69) is 30.0 Å². The largest absolute Gasteiger partial charge is 0.481 e. The van der Waals surface area contributed by atoms with Crippen molar-refractivity contribution in [3.05, 3.63) is 29.8 Å². The van der Waals surface area contributed by atoms with Crippen LogP contribution in [-0.4, -0.2) is 23.7 Å². The van der Waals surface area contributed by atoms with Gasteiger partial charge < -0.3 is 10.0 Å². The molecular weight excluding hydrogens is 250 g/mol. The first-order valence-corrected chi connectivity index (χ1v) is 7.72. The number of fused-ring (bicyclic) bond motifs is 1. The third kappa shape index (κ3) is 2.54. The predicted molar refractivity (Wildman–Crippen MR) is 80.2 cm³/mol. The second kappa shape index (κ2) is 5.47. The van der Waals surface area contributed by atoms with Crippen molar-refractivity contribution in [2.24, 2.45) is 5.92 Å². The maximum atomic E-state index is 11.1. The van der Waals surface area contributed by atoms with Crippen LogP contribution in [0.1, 0.15) is 50.5 Å². The van der Waals surface area contributed by atoms with Crippen molar-refractivity contribution in [3.8, 4) is 0 Å². The monoisotopic (exact) mass is 273 g/mol. The van der Waals surface area contributed by atoms with Gasteiger partial charge in [-0.05, 0) is 43.2 Å². The highest BCUT2D eigenvalue weighted by atomic mass is 16.4. The van der Waals surface area contributed by atoms with Crippen molar-refractivity contribution in [2.45, 2.75) is 51.0 Å². The molecular formula is C17H23NO2. The summed E-state index contributed by atoms with van der Waals surface area (Å²) in [4.78, 5) is 13.6. The van der Waals surface area contributed by atoms with E-state index < -0.39 is 5.97 Å². The molecule has 1 aromatic carbocycles. The van der Waals surface area contributed by atoms with E-state index in [0.29, 0.717) is 6.04 Å². The molecule has 3 heteroatoms. The first kappa shape index (κ1) is 13.5. The molecule has 1 heterocycles. The molecule has 0 spiro atoms. The number of benzene rings is 1. The Hall–Kier alpha value is -1.51. The lowest BCUT2D eigenvalue weighted by atomic mass is 9.86. The topological polar surface area (TPSA) is 40.5 Å². The maximum Gasteiger partial charge on any atom is 0.304 e. The van der Waals surface area contributed by atoms with Gasteiger partial charge in [-0.25, -0.2) is 0 Å². The second-order valence-corrected chi connectivity index (χ2v) is 6.42. The van der Waals surface area contributed by atoms with E-state index in [1.165, 1.54) is 36.9 Å². The zero-order chi connectivity index (χ0) is 14.1. The van der Waals surface area contributed by atoms with Crippen molar-refractivity contribution in [3.63, 3.8) is 0 Å². The van der Waals surface area contributed by atoms with Crippen LogP contribution in [0.3, 0.4) is 0 Å². The average molecular weight is 273 g/mol. The minimum absolute atomic E-state index is 0.156. The number of nitrogens with zero attached hydrogens (tertiary/aromatic N) is 1. The smallest absolute Gasteiger partial charge is 0.304 e. The van der Waals surface area contributed by atoms with Crippen LogP contribution in [0, 0.1) is 5.92 Å². The molecule has 1 atom stereocenters. The molecule has 0 bridgehead atoms. The summed E-state index contributed by atoms with van der Waals surface area (Å²) in [5, 5.41) is 9.11. The number of para-hydroxylation sites is 1. The van der Waals surface area contributed by atoms with Crippen LogP contribution in [0.2, 0.25) is 0 Å². The van der Waals surface area contributed by atoms with Gasteiger partial charge in [0.2, 0.25) is 0 Å².